The smallest absolute Gasteiger partial charge is 0.288 e. The molecule has 1 amide bonds. The predicted molar refractivity (Wildman–Crippen MR) is 77.1 cm³/mol. The minimum Gasteiger partial charge on any atom is -0.372 e. The Morgan fingerprint density at radius 2 is 2.00 bits per heavy atom. The molecule has 0 atom stereocenters. The van der Waals surface area contributed by atoms with Gasteiger partial charge in [0.05, 0.1) is 10.5 Å². The Morgan fingerprint density at radius 3 is 2.48 bits per heavy atom. The molecular weight excluding hydrogens is 272 g/mol. The van der Waals surface area contributed by atoms with E-state index in [1.165, 1.54) is 6.07 Å². The largest absolute Gasteiger partial charge is 0.372 e. The van der Waals surface area contributed by atoms with Gasteiger partial charge in [0.15, 0.2) is 0 Å². The van der Waals surface area contributed by atoms with Crippen molar-refractivity contribution < 1.29 is 9.72 Å². The molecule has 0 aromatic carbocycles. The van der Waals surface area contributed by atoms with Crippen molar-refractivity contribution >= 4 is 17.4 Å². The average molecular weight is 290 g/mol. The van der Waals surface area contributed by atoms with Crippen molar-refractivity contribution in [2.45, 2.75) is 31.7 Å². The summed E-state index contributed by atoms with van der Waals surface area (Å²) in [6.07, 6.45) is 5.80. The molecule has 0 saturated heterocycles. The minimum atomic E-state index is -0.539. The maximum absolute atomic E-state index is 12.5. The number of carbonyl (C=O) groups excluding carboxylic acids is 1. The van der Waals surface area contributed by atoms with Gasteiger partial charge in [-0.15, -0.1) is 0 Å². The highest BCUT2D eigenvalue weighted by molar-refractivity contribution is 5.99. The fraction of sp³-hybridized carbons (Fsp3) is 0.571. The maximum atomic E-state index is 12.5. The van der Waals surface area contributed by atoms with Crippen molar-refractivity contribution in [3.05, 3.63) is 27.9 Å². The van der Waals surface area contributed by atoms with Crippen molar-refractivity contribution in [3.63, 3.8) is 0 Å². The SMILES string of the molecule is CNc1ncc([N+](=O)[O-])cc1C(=O)NC(C1CC1)C1CC1. The number of amides is 1. The van der Waals surface area contributed by atoms with Crippen LogP contribution in [0.1, 0.15) is 36.0 Å². The van der Waals surface area contributed by atoms with Crippen LogP contribution in [0, 0.1) is 22.0 Å². The summed E-state index contributed by atoms with van der Waals surface area (Å²) in [6.45, 7) is 0. The number of pyridine rings is 1. The zero-order chi connectivity index (χ0) is 15.0. The van der Waals surface area contributed by atoms with Crippen LogP contribution in [-0.2, 0) is 0 Å². The van der Waals surface area contributed by atoms with Gasteiger partial charge in [0.2, 0.25) is 0 Å². The molecule has 0 radical (unpaired) electrons. The molecule has 0 unspecified atom stereocenters. The first-order valence-electron chi connectivity index (χ1n) is 7.23. The van der Waals surface area contributed by atoms with E-state index in [1.807, 2.05) is 0 Å². The lowest BCUT2D eigenvalue weighted by atomic mass is 10.1. The molecule has 2 saturated carbocycles. The van der Waals surface area contributed by atoms with Crippen LogP contribution in [0.4, 0.5) is 11.5 Å². The number of hydrogen-bond donors (Lipinski definition) is 2. The molecule has 2 aliphatic rings. The van der Waals surface area contributed by atoms with E-state index in [2.05, 4.69) is 15.6 Å². The maximum Gasteiger partial charge on any atom is 0.288 e. The van der Waals surface area contributed by atoms with Crippen LogP contribution >= 0.6 is 0 Å². The predicted octanol–water partition coefficient (Wildman–Crippen LogP) is 1.95. The summed E-state index contributed by atoms with van der Waals surface area (Å²) in [6, 6.07) is 1.49. The van der Waals surface area contributed by atoms with E-state index in [-0.39, 0.29) is 23.2 Å². The highest BCUT2D eigenvalue weighted by Gasteiger charge is 2.42. The van der Waals surface area contributed by atoms with Crippen LogP contribution in [0.15, 0.2) is 12.3 Å². The van der Waals surface area contributed by atoms with Gasteiger partial charge in [-0.1, -0.05) is 0 Å². The molecule has 3 rings (SSSR count). The molecule has 112 valence electrons. The topological polar surface area (TPSA) is 97.2 Å². The zero-order valence-corrected chi connectivity index (χ0v) is 11.8. The minimum absolute atomic E-state index is 0.173. The van der Waals surface area contributed by atoms with E-state index < -0.39 is 4.92 Å². The van der Waals surface area contributed by atoms with Gasteiger partial charge in [-0.2, -0.15) is 0 Å². The molecule has 0 aliphatic heterocycles. The first-order valence-corrected chi connectivity index (χ1v) is 7.23. The normalized spacial score (nSPS) is 17.6. The summed E-state index contributed by atoms with van der Waals surface area (Å²) in [5.41, 5.74) is 0.0616. The van der Waals surface area contributed by atoms with Gasteiger partial charge in [-0.3, -0.25) is 14.9 Å². The number of hydrogen-bond acceptors (Lipinski definition) is 5. The second kappa shape index (κ2) is 5.31. The molecule has 2 N–H and O–H groups in total. The molecule has 2 fully saturated rings. The van der Waals surface area contributed by atoms with Gasteiger partial charge < -0.3 is 10.6 Å². The van der Waals surface area contributed by atoms with Crippen molar-refractivity contribution in [1.82, 2.24) is 10.3 Å². The van der Waals surface area contributed by atoms with Gasteiger partial charge in [0, 0.05) is 19.2 Å². The molecule has 0 bridgehead atoms. The molecule has 1 aromatic heterocycles. The number of rotatable bonds is 6. The Bertz CT molecular complexity index is 570. The number of nitrogens with zero attached hydrogens (tertiary/aromatic N) is 2. The van der Waals surface area contributed by atoms with Crippen LogP contribution in [0.2, 0.25) is 0 Å². The molecule has 21 heavy (non-hydrogen) atoms. The van der Waals surface area contributed by atoms with Crippen molar-refractivity contribution in [2.24, 2.45) is 11.8 Å². The first kappa shape index (κ1) is 13.8. The van der Waals surface area contributed by atoms with Crippen molar-refractivity contribution in [3.8, 4) is 0 Å². The first-order chi connectivity index (χ1) is 10.1. The van der Waals surface area contributed by atoms with Gasteiger partial charge in [-0.25, -0.2) is 4.98 Å². The number of aromatic nitrogens is 1. The number of carbonyl (C=O) groups is 1. The van der Waals surface area contributed by atoms with E-state index >= 15 is 0 Å². The van der Waals surface area contributed by atoms with E-state index in [1.54, 1.807) is 7.05 Å². The Balaban J connectivity index is 1.81. The lowest BCUT2D eigenvalue weighted by Crippen LogP contribution is -2.38. The third-order valence-electron chi connectivity index (χ3n) is 4.12. The van der Waals surface area contributed by atoms with Crippen LogP contribution < -0.4 is 10.6 Å². The Labute approximate surface area is 122 Å². The fourth-order valence-corrected chi connectivity index (χ4v) is 2.69. The summed E-state index contributed by atoms with van der Waals surface area (Å²) >= 11 is 0. The lowest BCUT2D eigenvalue weighted by molar-refractivity contribution is -0.385. The monoisotopic (exact) mass is 290 g/mol. The number of nitrogens with one attached hydrogen (secondary N) is 2. The molecule has 7 nitrogen and oxygen atoms in total. The van der Waals surface area contributed by atoms with Gasteiger partial charge in [0.25, 0.3) is 11.6 Å². The second-order valence-electron chi connectivity index (χ2n) is 5.77. The summed E-state index contributed by atoms with van der Waals surface area (Å²) in [4.78, 5) is 26.7. The van der Waals surface area contributed by atoms with Gasteiger partial charge in [0.1, 0.15) is 12.0 Å². The third kappa shape index (κ3) is 2.96. The highest BCUT2D eigenvalue weighted by Crippen LogP contribution is 2.44. The summed E-state index contributed by atoms with van der Waals surface area (Å²) in [5, 5.41) is 16.7. The molecule has 1 aromatic rings. The average Bonchev–Trinajstić information content (AvgIpc) is 3.37. The zero-order valence-electron chi connectivity index (χ0n) is 11.8. The Hall–Kier alpha value is -2.18. The van der Waals surface area contributed by atoms with Crippen LogP contribution in [0.25, 0.3) is 0 Å². The lowest BCUT2D eigenvalue weighted by Gasteiger charge is -2.18. The van der Waals surface area contributed by atoms with Crippen LogP contribution in [-0.4, -0.2) is 28.9 Å². The van der Waals surface area contributed by atoms with Crippen LogP contribution in [0.3, 0.4) is 0 Å². The molecule has 1 heterocycles. The molecule has 7 heteroatoms. The molecule has 0 spiro atoms. The summed E-state index contributed by atoms with van der Waals surface area (Å²) < 4.78 is 0. The fourth-order valence-electron chi connectivity index (χ4n) is 2.69. The van der Waals surface area contributed by atoms with E-state index in [4.69, 9.17) is 0 Å². The van der Waals surface area contributed by atoms with E-state index in [0.717, 1.165) is 31.9 Å². The molecular formula is C14H18N4O3. The van der Waals surface area contributed by atoms with Gasteiger partial charge in [-0.05, 0) is 37.5 Å². The second-order valence-corrected chi connectivity index (χ2v) is 5.77. The standard InChI is InChI=1S/C14H18N4O3/c1-15-13-11(6-10(7-16-13)18(20)21)14(19)17-12(8-2-3-8)9-4-5-9/h6-9,12H,2-5H2,1H3,(H,15,16)(H,17,19). The van der Waals surface area contributed by atoms with Crippen molar-refractivity contribution in [2.75, 3.05) is 12.4 Å². The third-order valence-corrected chi connectivity index (χ3v) is 4.12. The number of anilines is 1. The summed E-state index contributed by atoms with van der Waals surface area (Å²) in [7, 11) is 1.64. The molecule has 2 aliphatic carbocycles. The highest BCUT2D eigenvalue weighted by atomic mass is 16.6. The van der Waals surface area contributed by atoms with Crippen molar-refractivity contribution in [1.29, 1.82) is 0 Å². The Kier molecular flexibility index (Phi) is 3.48. The van der Waals surface area contributed by atoms with Crippen LogP contribution in [0.5, 0.6) is 0 Å². The quantitative estimate of drug-likeness (QED) is 0.616. The van der Waals surface area contributed by atoms with Gasteiger partial charge >= 0.3 is 0 Å². The van der Waals surface area contributed by atoms with E-state index in [9.17, 15) is 14.9 Å². The Morgan fingerprint density at radius 1 is 1.38 bits per heavy atom. The number of nitro groups is 1. The van der Waals surface area contributed by atoms with E-state index in [0.29, 0.717) is 17.7 Å². The summed E-state index contributed by atoms with van der Waals surface area (Å²) in [5.74, 6) is 1.24.